The summed E-state index contributed by atoms with van der Waals surface area (Å²) in [7, 11) is 1.50. The fraction of sp³-hybridized carbons (Fsp3) is 0.550. The molecule has 6 nitrogen and oxygen atoms in total. The van der Waals surface area contributed by atoms with E-state index in [1.54, 1.807) is 6.07 Å². The third-order valence-corrected chi connectivity index (χ3v) is 4.66. The van der Waals surface area contributed by atoms with Crippen LogP contribution in [-0.2, 0) is 28.9 Å². The second-order valence-corrected chi connectivity index (χ2v) is 7.11. The van der Waals surface area contributed by atoms with Crippen molar-refractivity contribution in [3.63, 3.8) is 0 Å². The maximum atomic E-state index is 13.2. The van der Waals surface area contributed by atoms with Gasteiger partial charge < -0.3 is 4.74 Å². The molecule has 2 aromatic heterocycles. The molecular weight excluding hydrogens is 387 g/mol. The normalized spacial score (nSPS) is 11.5. The minimum atomic E-state index is -4.29. The molecule has 0 aromatic carbocycles. The van der Waals surface area contributed by atoms with Gasteiger partial charge in [0, 0.05) is 18.3 Å². The number of halogens is 3. The molecule has 0 bridgehead atoms. The molecule has 0 saturated carbocycles. The van der Waals surface area contributed by atoms with Gasteiger partial charge >= 0.3 is 12.3 Å². The Morgan fingerprint density at radius 3 is 2.21 bits per heavy atom. The maximum Gasteiger partial charge on any atom is 0.394 e. The van der Waals surface area contributed by atoms with Gasteiger partial charge in [-0.15, -0.1) is 0 Å². The highest BCUT2D eigenvalue weighted by Crippen LogP contribution is 2.40. The van der Waals surface area contributed by atoms with E-state index in [4.69, 9.17) is 14.3 Å². The lowest BCUT2D eigenvalue weighted by atomic mass is 9.85. The van der Waals surface area contributed by atoms with E-state index in [0.717, 1.165) is 23.6 Å². The van der Waals surface area contributed by atoms with Gasteiger partial charge in [-0.05, 0) is 31.4 Å². The summed E-state index contributed by atoms with van der Waals surface area (Å²) in [4.78, 5) is 25.3. The molecule has 0 amide bonds. The fourth-order valence-electron chi connectivity index (χ4n) is 2.97. The molecular formula is C20H26F3N3O3. The van der Waals surface area contributed by atoms with Crippen LogP contribution in [0.2, 0.25) is 0 Å². The van der Waals surface area contributed by atoms with Crippen LogP contribution in [0.15, 0.2) is 12.3 Å². The highest BCUT2D eigenvalue weighted by Gasteiger charge is 2.47. The van der Waals surface area contributed by atoms with Crippen LogP contribution in [0.5, 0.6) is 5.75 Å². The van der Waals surface area contributed by atoms with Gasteiger partial charge in [-0.1, -0.05) is 27.7 Å². The van der Waals surface area contributed by atoms with Crippen molar-refractivity contribution in [3.05, 3.63) is 35.0 Å². The molecule has 0 fully saturated rings. The van der Waals surface area contributed by atoms with Gasteiger partial charge in [0.2, 0.25) is 0 Å². The van der Waals surface area contributed by atoms with Crippen molar-refractivity contribution >= 4 is 6.15 Å². The number of carbonyl (C=O) groups excluding carboxylic acids is 2. The molecule has 2 heterocycles. The first-order valence-corrected chi connectivity index (χ1v) is 9.13. The van der Waals surface area contributed by atoms with E-state index < -0.39 is 11.6 Å². The predicted octanol–water partition coefficient (Wildman–Crippen LogP) is 4.26. The number of rotatable bonds is 6. The molecule has 0 aliphatic carbocycles. The SMILES string of the molecule is CCc1nc(CC)n(-c2ncc(CC(C)(C)C(F)(F)F)cc2OC)c1C.O=C=O. The Morgan fingerprint density at radius 1 is 1.17 bits per heavy atom. The number of alkyl halides is 3. The minimum absolute atomic E-state index is 0.163. The molecule has 0 atom stereocenters. The van der Waals surface area contributed by atoms with E-state index in [1.807, 2.05) is 25.3 Å². The standard InChI is InChI=1S/C19H26F3N3O.CO2/c1-7-14-12(3)25(16(8-2)24-14)17-15(26-6)9-13(11-23-17)10-18(4,5)19(20,21)22;2-1-3/h9,11H,7-8,10H2,1-6H3;. The summed E-state index contributed by atoms with van der Waals surface area (Å²) in [6.45, 7) is 8.38. The first-order valence-electron chi connectivity index (χ1n) is 9.13. The van der Waals surface area contributed by atoms with Crippen molar-refractivity contribution in [3.8, 4) is 11.6 Å². The Bertz CT molecular complexity index is 868. The van der Waals surface area contributed by atoms with Crippen LogP contribution in [0.1, 0.15) is 50.5 Å². The fourth-order valence-corrected chi connectivity index (χ4v) is 2.97. The molecule has 0 saturated heterocycles. The molecule has 0 N–H and O–H groups in total. The van der Waals surface area contributed by atoms with Crippen molar-refractivity contribution in [2.75, 3.05) is 7.11 Å². The molecule has 0 aliphatic heterocycles. The average Bonchev–Trinajstić information content (AvgIpc) is 2.96. The van der Waals surface area contributed by atoms with Gasteiger partial charge in [0.1, 0.15) is 5.82 Å². The van der Waals surface area contributed by atoms with Gasteiger partial charge in [-0.3, -0.25) is 4.57 Å². The van der Waals surface area contributed by atoms with Gasteiger partial charge in [0.15, 0.2) is 11.6 Å². The third kappa shape index (κ3) is 5.44. The number of hydrogen-bond acceptors (Lipinski definition) is 5. The average molecular weight is 413 g/mol. The maximum absolute atomic E-state index is 13.2. The Labute approximate surface area is 168 Å². The van der Waals surface area contributed by atoms with E-state index in [9.17, 15) is 13.2 Å². The number of aryl methyl sites for hydroxylation is 2. The molecule has 0 spiro atoms. The number of aromatic nitrogens is 3. The first kappa shape index (κ1) is 24.4. The highest BCUT2D eigenvalue weighted by atomic mass is 19.4. The van der Waals surface area contributed by atoms with Crippen LogP contribution >= 0.6 is 0 Å². The predicted molar refractivity (Wildman–Crippen MR) is 100.0 cm³/mol. The van der Waals surface area contributed by atoms with Crippen LogP contribution in [-0.4, -0.2) is 34.0 Å². The van der Waals surface area contributed by atoms with Crippen molar-refractivity contribution in [1.29, 1.82) is 0 Å². The Hall–Kier alpha value is -2.67. The molecule has 0 aliphatic rings. The van der Waals surface area contributed by atoms with Crippen LogP contribution < -0.4 is 4.74 Å². The van der Waals surface area contributed by atoms with Crippen LogP contribution in [0, 0.1) is 12.3 Å². The zero-order chi connectivity index (χ0) is 22.4. The zero-order valence-corrected chi connectivity index (χ0v) is 17.5. The number of ether oxygens (including phenoxy) is 1. The van der Waals surface area contributed by atoms with Gasteiger partial charge in [-0.2, -0.15) is 22.8 Å². The third-order valence-electron chi connectivity index (χ3n) is 4.66. The Balaban J connectivity index is 0.00000132. The van der Waals surface area contributed by atoms with Gasteiger partial charge in [-0.25, -0.2) is 9.97 Å². The summed E-state index contributed by atoms with van der Waals surface area (Å²) in [6.07, 6.45) is -1.19. The second-order valence-electron chi connectivity index (χ2n) is 7.11. The quantitative estimate of drug-likeness (QED) is 0.708. The molecule has 0 radical (unpaired) electrons. The monoisotopic (exact) mass is 413 g/mol. The second kappa shape index (κ2) is 9.69. The van der Waals surface area contributed by atoms with Crippen molar-refractivity contribution in [2.24, 2.45) is 5.41 Å². The summed E-state index contributed by atoms with van der Waals surface area (Å²) in [6, 6.07) is 1.64. The highest BCUT2D eigenvalue weighted by molar-refractivity contribution is 5.45. The van der Waals surface area contributed by atoms with Crippen LogP contribution in [0.3, 0.4) is 0 Å². The largest absolute Gasteiger partial charge is 0.493 e. The smallest absolute Gasteiger partial charge is 0.394 e. The summed E-state index contributed by atoms with van der Waals surface area (Å²) >= 11 is 0. The van der Waals surface area contributed by atoms with Gasteiger partial charge in [0.25, 0.3) is 0 Å². The Kier molecular flexibility index (Phi) is 8.15. The van der Waals surface area contributed by atoms with E-state index in [-0.39, 0.29) is 12.6 Å². The summed E-state index contributed by atoms with van der Waals surface area (Å²) in [5.74, 6) is 1.86. The summed E-state index contributed by atoms with van der Waals surface area (Å²) in [5.41, 5.74) is 0.599. The Morgan fingerprint density at radius 2 is 1.76 bits per heavy atom. The van der Waals surface area contributed by atoms with Crippen LogP contribution in [0.25, 0.3) is 5.82 Å². The summed E-state index contributed by atoms with van der Waals surface area (Å²) in [5, 5.41) is 0. The molecule has 9 heteroatoms. The van der Waals surface area contributed by atoms with E-state index in [1.165, 1.54) is 27.2 Å². The van der Waals surface area contributed by atoms with E-state index >= 15 is 0 Å². The lowest BCUT2D eigenvalue weighted by molar-refractivity contribution is -0.211. The van der Waals surface area contributed by atoms with Gasteiger partial charge in [0.05, 0.1) is 18.2 Å². The number of methoxy groups -OCH3 is 1. The van der Waals surface area contributed by atoms with E-state index in [2.05, 4.69) is 9.97 Å². The molecule has 0 unspecified atom stereocenters. The molecule has 2 aromatic rings. The number of nitrogens with zero attached hydrogens (tertiary/aromatic N) is 3. The minimum Gasteiger partial charge on any atom is -0.493 e. The van der Waals surface area contributed by atoms with Crippen molar-refractivity contribution in [2.45, 2.75) is 60.1 Å². The number of imidazole rings is 1. The molecule has 160 valence electrons. The lowest BCUT2D eigenvalue weighted by Crippen LogP contribution is -2.34. The number of hydrogen-bond donors (Lipinski definition) is 0. The van der Waals surface area contributed by atoms with Crippen LogP contribution in [0.4, 0.5) is 13.2 Å². The topological polar surface area (TPSA) is 74.1 Å². The van der Waals surface area contributed by atoms with Crippen molar-refractivity contribution in [1.82, 2.24) is 14.5 Å². The molecule has 2 rings (SSSR count). The zero-order valence-electron chi connectivity index (χ0n) is 17.5. The summed E-state index contributed by atoms with van der Waals surface area (Å²) < 4.78 is 46.9. The lowest BCUT2D eigenvalue weighted by Gasteiger charge is -2.27. The molecule has 29 heavy (non-hydrogen) atoms. The van der Waals surface area contributed by atoms with Crippen molar-refractivity contribution < 1.29 is 27.5 Å². The number of pyridine rings is 1. The first-order chi connectivity index (χ1) is 13.5. The van der Waals surface area contributed by atoms with E-state index in [0.29, 0.717) is 23.6 Å².